The lowest BCUT2D eigenvalue weighted by molar-refractivity contribution is 0.102. The SMILES string of the molecule is O=C(Nc1ccncn1)c1ccc(-c2ncccc2Cl)cn1. The van der Waals surface area contributed by atoms with Gasteiger partial charge in [0.2, 0.25) is 0 Å². The standard InChI is InChI=1S/C15H10ClN5O/c16-11-2-1-6-18-14(11)10-3-4-12(19-8-10)15(22)21-13-5-7-17-9-20-13/h1-9H,(H,17,20,21,22). The summed E-state index contributed by atoms with van der Waals surface area (Å²) in [5.74, 6) is 0.0658. The Morgan fingerprint density at radius 1 is 1.05 bits per heavy atom. The van der Waals surface area contributed by atoms with Crippen molar-refractivity contribution in [1.82, 2.24) is 19.9 Å². The number of anilines is 1. The van der Waals surface area contributed by atoms with Crippen LogP contribution in [-0.2, 0) is 0 Å². The van der Waals surface area contributed by atoms with Crippen LogP contribution in [0.1, 0.15) is 10.5 Å². The molecule has 7 heteroatoms. The summed E-state index contributed by atoms with van der Waals surface area (Å²) in [5.41, 5.74) is 1.64. The summed E-state index contributed by atoms with van der Waals surface area (Å²) in [4.78, 5) is 28.1. The molecule has 0 aromatic carbocycles. The number of carbonyl (C=O) groups excluding carboxylic acids is 1. The molecule has 0 fully saturated rings. The monoisotopic (exact) mass is 311 g/mol. The van der Waals surface area contributed by atoms with Crippen LogP contribution in [0.4, 0.5) is 5.82 Å². The van der Waals surface area contributed by atoms with Gasteiger partial charge in [0.25, 0.3) is 5.91 Å². The Balaban J connectivity index is 1.80. The van der Waals surface area contributed by atoms with Gasteiger partial charge in [-0.05, 0) is 30.3 Å². The van der Waals surface area contributed by atoms with Crippen LogP contribution in [-0.4, -0.2) is 25.8 Å². The molecule has 0 aliphatic rings. The number of hydrogen-bond donors (Lipinski definition) is 1. The number of aromatic nitrogens is 4. The molecule has 0 saturated heterocycles. The molecule has 0 atom stereocenters. The van der Waals surface area contributed by atoms with Gasteiger partial charge in [-0.25, -0.2) is 9.97 Å². The Morgan fingerprint density at radius 3 is 2.64 bits per heavy atom. The molecule has 0 spiro atoms. The first-order valence-electron chi connectivity index (χ1n) is 6.38. The van der Waals surface area contributed by atoms with Gasteiger partial charge in [-0.2, -0.15) is 0 Å². The van der Waals surface area contributed by atoms with Gasteiger partial charge in [-0.3, -0.25) is 14.8 Å². The summed E-state index contributed by atoms with van der Waals surface area (Å²) >= 11 is 6.08. The highest BCUT2D eigenvalue weighted by atomic mass is 35.5. The Kier molecular flexibility index (Phi) is 4.02. The molecule has 0 aliphatic heterocycles. The maximum atomic E-state index is 12.1. The van der Waals surface area contributed by atoms with E-state index in [0.717, 1.165) is 5.56 Å². The van der Waals surface area contributed by atoms with Gasteiger partial charge in [0.05, 0.1) is 10.7 Å². The topological polar surface area (TPSA) is 80.7 Å². The van der Waals surface area contributed by atoms with E-state index in [-0.39, 0.29) is 11.6 Å². The highest BCUT2D eigenvalue weighted by molar-refractivity contribution is 6.33. The van der Waals surface area contributed by atoms with Crippen LogP contribution in [0.15, 0.2) is 55.2 Å². The predicted octanol–water partition coefficient (Wildman–Crippen LogP) is 2.84. The first-order chi connectivity index (χ1) is 10.7. The largest absolute Gasteiger partial charge is 0.305 e. The lowest BCUT2D eigenvalue weighted by Gasteiger charge is -2.05. The van der Waals surface area contributed by atoms with E-state index >= 15 is 0 Å². The smallest absolute Gasteiger partial charge is 0.275 e. The molecule has 1 N–H and O–H groups in total. The quantitative estimate of drug-likeness (QED) is 0.804. The number of rotatable bonds is 3. The summed E-state index contributed by atoms with van der Waals surface area (Å²) in [6, 6.07) is 8.45. The van der Waals surface area contributed by atoms with Crippen LogP contribution in [0, 0.1) is 0 Å². The van der Waals surface area contributed by atoms with E-state index in [1.807, 2.05) is 0 Å². The van der Waals surface area contributed by atoms with Crippen LogP contribution < -0.4 is 5.32 Å². The van der Waals surface area contributed by atoms with E-state index in [1.54, 1.807) is 48.9 Å². The minimum atomic E-state index is -0.350. The molecule has 3 aromatic heterocycles. The Hall–Kier alpha value is -2.86. The number of nitrogens with zero attached hydrogens (tertiary/aromatic N) is 4. The van der Waals surface area contributed by atoms with Crippen molar-refractivity contribution in [3.05, 3.63) is 66.0 Å². The summed E-state index contributed by atoms with van der Waals surface area (Å²) < 4.78 is 0. The Bertz CT molecular complexity index is 793. The molecule has 1 amide bonds. The number of pyridine rings is 2. The van der Waals surface area contributed by atoms with Crippen LogP contribution in [0.5, 0.6) is 0 Å². The second-order valence-corrected chi connectivity index (χ2v) is 4.72. The number of amides is 1. The molecule has 0 radical (unpaired) electrons. The third-order valence-corrected chi connectivity index (χ3v) is 3.16. The Morgan fingerprint density at radius 2 is 1.95 bits per heavy atom. The van der Waals surface area contributed by atoms with E-state index in [4.69, 9.17) is 11.6 Å². The molecule has 3 heterocycles. The van der Waals surface area contributed by atoms with Crippen molar-refractivity contribution >= 4 is 23.3 Å². The van der Waals surface area contributed by atoms with Crippen molar-refractivity contribution < 1.29 is 4.79 Å². The number of halogens is 1. The highest BCUT2D eigenvalue weighted by Crippen LogP contribution is 2.24. The van der Waals surface area contributed by atoms with E-state index in [0.29, 0.717) is 16.5 Å². The average molecular weight is 312 g/mol. The lowest BCUT2D eigenvalue weighted by atomic mass is 10.2. The first-order valence-corrected chi connectivity index (χ1v) is 6.76. The zero-order valence-electron chi connectivity index (χ0n) is 11.3. The second kappa shape index (κ2) is 6.28. The van der Waals surface area contributed by atoms with Crippen LogP contribution in [0.2, 0.25) is 5.02 Å². The van der Waals surface area contributed by atoms with Crippen molar-refractivity contribution in [3.63, 3.8) is 0 Å². The molecule has 0 saturated carbocycles. The molecule has 0 unspecified atom stereocenters. The summed E-state index contributed by atoms with van der Waals surface area (Å²) in [7, 11) is 0. The highest BCUT2D eigenvalue weighted by Gasteiger charge is 2.10. The van der Waals surface area contributed by atoms with Crippen molar-refractivity contribution in [2.45, 2.75) is 0 Å². The van der Waals surface area contributed by atoms with Crippen molar-refractivity contribution in [3.8, 4) is 11.3 Å². The molecule has 6 nitrogen and oxygen atoms in total. The molecule has 3 rings (SSSR count). The molecule has 3 aromatic rings. The zero-order valence-corrected chi connectivity index (χ0v) is 12.0. The molecule has 108 valence electrons. The van der Waals surface area contributed by atoms with Gasteiger partial charge in [-0.15, -0.1) is 0 Å². The van der Waals surface area contributed by atoms with E-state index in [2.05, 4.69) is 25.3 Å². The Labute approximate surface area is 131 Å². The summed E-state index contributed by atoms with van der Waals surface area (Å²) in [5, 5.41) is 3.16. The van der Waals surface area contributed by atoms with Gasteiger partial charge in [0.15, 0.2) is 0 Å². The summed E-state index contributed by atoms with van der Waals surface area (Å²) in [6.07, 6.45) is 6.11. The number of hydrogen-bond acceptors (Lipinski definition) is 5. The van der Waals surface area contributed by atoms with Crippen molar-refractivity contribution in [1.29, 1.82) is 0 Å². The van der Waals surface area contributed by atoms with E-state index < -0.39 is 0 Å². The van der Waals surface area contributed by atoms with Crippen LogP contribution >= 0.6 is 11.6 Å². The second-order valence-electron chi connectivity index (χ2n) is 4.31. The van der Waals surface area contributed by atoms with Gasteiger partial charge in [-0.1, -0.05) is 11.6 Å². The zero-order chi connectivity index (χ0) is 15.4. The average Bonchev–Trinajstić information content (AvgIpc) is 2.56. The third-order valence-electron chi connectivity index (χ3n) is 2.85. The van der Waals surface area contributed by atoms with Crippen LogP contribution in [0.3, 0.4) is 0 Å². The number of nitrogens with one attached hydrogen (secondary N) is 1. The maximum Gasteiger partial charge on any atom is 0.275 e. The fourth-order valence-electron chi connectivity index (χ4n) is 1.81. The molecule has 22 heavy (non-hydrogen) atoms. The third kappa shape index (κ3) is 3.07. The van der Waals surface area contributed by atoms with E-state index in [1.165, 1.54) is 6.33 Å². The predicted molar refractivity (Wildman–Crippen MR) is 82.5 cm³/mol. The van der Waals surface area contributed by atoms with E-state index in [9.17, 15) is 4.79 Å². The fourth-order valence-corrected chi connectivity index (χ4v) is 2.04. The maximum absolute atomic E-state index is 12.1. The van der Waals surface area contributed by atoms with Crippen LogP contribution in [0.25, 0.3) is 11.3 Å². The normalized spacial score (nSPS) is 10.2. The summed E-state index contributed by atoms with van der Waals surface area (Å²) in [6.45, 7) is 0. The minimum Gasteiger partial charge on any atom is -0.305 e. The van der Waals surface area contributed by atoms with Crippen molar-refractivity contribution in [2.75, 3.05) is 5.32 Å². The molecular formula is C15H10ClN5O. The molecule has 0 aliphatic carbocycles. The van der Waals surface area contributed by atoms with Crippen molar-refractivity contribution in [2.24, 2.45) is 0 Å². The fraction of sp³-hybridized carbons (Fsp3) is 0. The van der Waals surface area contributed by atoms with Gasteiger partial charge < -0.3 is 5.32 Å². The van der Waals surface area contributed by atoms with Gasteiger partial charge >= 0.3 is 0 Å². The molecule has 0 bridgehead atoms. The van der Waals surface area contributed by atoms with Gasteiger partial charge in [0.1, 0.15) is 17.8 Å². The molecular weight excluding hydrogens is 302 g/mol. The first kappa shape index (κ1) is 14.1. The van der Waals surface area contributed by atoms with Gasteiger partial charge in [0, 0.05) is 24.2 Å². The minimum absolute atomic E-state index is 0.273. The number of carbonyl (C=O) groups is 1. The lowest BCUT2D eigenvalue weighted by Crippen LogP contribution is -2.14.